The Bertz CT molecular complexity index is 2150. The summed E-state index contributed by atoms with van der Waals surface area (Å²) in [5.41, 5.74) is 4.83. The van der Waals surface area contributed by atoms with E-state index in [0.717, 1.165) is 0 Å². The van der Waals surface area contributed by atoms with Gasteiger partial charge in [0.05, 0.1) is 32.3 Å². The average molecular weight is 872 g/mol. The Morgan fingerprint density at radius 1 is 0.263 bits per heavy atom. The van der Waals surface area contributed by atoms with Gasteiger partial charge in [-0.2, -0.15) is 0 Å². The second kappa shape index (κ2) is 15.9. The largest absolute Gasteiger partial charge is 0.302 e. The van der Waals surface area contributed by atoms with E-state index < -0.39 is 32.3 Å². The lowest BCUT2D eigenvalue weighted by Gasteiger charge is -2.26. The molecule has 0 unspecified atom stereocenters. The summed E-state index contributed by atoms with van der Waals surface area (Å²) in [6.07, 6.45) is 0. The molecule has 7 rings (SSSR count). The van der Waals surface area contributed by atoms with Crippen molar-refractivity contribution in [2.75, 3.05) is 9.80 Å². The smallest absolute Gasteiger partial charge is 0.101 e. The second-order valence-electron chi connectivity index (χ2n) is 19.3. The highest BCUT2D eigenvalue weighted by atomic mass is 32.1. The van der Waals surface area contributed by atoms with E-state index in [-0.39, 0.29) is 0 Å². The summed E-state index contributed by atoms with van der Waals surface area (Å²) in [6, 6.07) is 51.3. The summed E-state index contributed by atoms with van der Waals surface area (Å²) in [5.74, 6) is 0. The van der Waals surface area contributed by atoms with Crippen molar-refractivity contribution in [1.82, 2.24) is 0 Å². The van der Waals surface area contributed by atoms with E-state index in [1.807, 2.05) is 34.0 Å². The molecule has 3 heterocycles. The summed E-state index contributed by atoms with van der Waals surface area (Å²) < 4.78 is 0. The number of benzene rings is 4. The number of thiophene rings is 3. The van der Waals surface area contributed by atoms with Crippen molar-refractivity contribution in [1.29, 1.82) is 0 Å². The van der Waals surface area contributed by atoms with Gasteiger partial charge in [0.1, 0.15) is 10.0 Å². The third-order valence-corrected chi connectivity index (χ3v) is 22.6. The molecule has 0 aliphatic carbocycles. The molecule has 0 bridgehead atoms. The molecular weight excluding hydrogens is 813 g/mol. The van der Waals surface area contributed by atoms with Crippen LogP contribution < -0.4 is 30.5 Å². The minimum atomic E-state index is -1.41. The maximum absolute atomic E-state index is 2.44. The predicted molar refractivity (Wildman–Crippen MR) is 272 cm³/mol. The van der Waals surface area contributed by atoms with Gasteiger partial charge in [0.15, 0.2) is 0 Å². The normalized spacial score (nSPS) is 12.6. The zero-order valence-electron chi connectivity index (χ0n) is 35.8. The zero-order valence-corrected chi connectivity index (χ0v) is 42.3. The van der Waals surface area contributed by atoms with Crippen LogP contribution in [0.25, 0.3) is 19.5 Å². The highest BCUT2D eigenvalue weighted by Crippen LogP contribution is 2.47. The van der Waals surface area contributed by atoms with Gasteiger partial charge in [-0.05, 0) is 84.9 Å². The summed E-state index contributed by atoms with van der Waals surface area (Å²) in [5, 5.41) is 8.40. The second-order valence-corrected chi connectivity index (χ2v) is 42.8. The van der Waals surface area contributed by atoms with Gasteiger partial charge >= 0.3 is 0 Å². The summed E-state index contributed by atoms with van der Waals surface area (Å²) in [6.45, 7) is 29.0. The fourth-order valence-corrected chi connectivity index (χ4v) is 15.0. The van der Waals surface area contributed by atoms with Crippen LogP contribution in [-0.4, -0.2) is 32.3 Å². The Morgan fingerprint density at radius 2 is 0.474 bits per heavy atom. The molecule has 0 atom stereocenters. The maximum atomic E-state index is 2.44. The molecule has 0 saturated carbocycles. The van der Waals surface area contributed by atoms with Crippen LogP contribution in [-0.2, 0) is 0 Å². The number of nitrogens with zero attached hydrogens (tertiary/aromatic N) is 2. The first-order valence-electron chi connectivity index (χ1n) is 20.1. The van der Waals surface area contributed by atoms with Crippen molar-refractivity contribution in [3.8, 4) is 19.5 Å². The van der Waals surface area contributed by atoms with E-state index >= 15 is 0 Å². The van der Waals surface area contributed by atoms with E-state index in [0.29, 0.717) is 0 Å². The SMILES string of the molecule is C[Si](C)(C)c1ccc(N(c2ccc([Si](C)(C)C)cc2)c2ccc(-c3ccc(-c4ccc(N(c5ccc([Si](C)(C)C)cc5)c5ccc([Si](C)(C)C)cc5)s4)s3)s2)cc1. The molecule has 0 N–H and O–H groups in total. The Labute approximate surface area is 358 Å². The fourth-order valence-electron chi connectivity index (χ4n) is 7.01. The van der Waals surface area contributed by atoms with E-state index in [9.17, 15) is 0 Å². The third-order valence-electron chi connectivity index (χ3n) is 10.7. The van der Waals surface area contributed by atoms with Crippen LogP contribution in [0.5, 0.6) is 0 Å². The topological polar surface area (TPSA) is 6.48 Å². The average Bonchev–Trinajstić information content (AvgIpc) is 3.94. The van der Waals surface area contributed by atoms with E-state index in [4.69, 9.17) is 0 Å². The van der Waals surface area contributed by atoms with E-state index in [1.165, 1.54) is 73.0 Å². The van der Waals surface area contributed by atoms with Gasteiger partial charge in [-0.15, -0.1) is 34.0 Å². The molecule has 7 aromatic rings. The molecule has 3 aromatic heterocycles. The Kier molecular flexibility index (Phi) is 11.6. The highest BCUT2D eigenvalue weighted by Gasteiger charge is 2.24. The lowest BCUT2D eigenvalue weighted by Crippen LogP contribution is -2.37. The molecule has 2 nitrogen and oxygen atoms in total. The summed E-state index contributed by atoms with van der Waals surface area (Å²) in [4.78, 5) is 10.1. The maximum Gasteiger partial charge on any atom is 0.101 e. The third kappa shape index (κ3) is 9.36. The number of rotatable bonds is 12. The van der Waals surface area contributed by atoms with Gasteiger partial charge in [-0.3, -0.25) is 0 Å². The minimum absolute atomic E-state index is 1.21. The van der Waals surface area contributed by atoms with Gasteiger partial charge in [-0.25, -0.2) is 0 Å². The first-order chi connectivity index (χ1) is 26.8. The molecule has 9 heteroatoms. The lowest BCUT2D eigenvalue weighted by atomic mass is 10.2. The fraction of sp³-hybridized carbons (Fsp3) is 0.250. The first kappa shape index (κ1) is 41.6. The number of hydrogen-bond donors (Lipinski definition) is 0. The quantitative estimate of drug-likeness (QED) is 0.113. The van der Waals surface area contributed by atoms with Crippen LogP contribution in [0.1, 0.15) is 0 Å². The molecule has 0 amide bonds. The molecule has 0 aliphatic heterocycles. The predicted octanol–water partition coefficient (Wildman–Crippen LogP) is 14.3. The van der Waals surface area contributed by atoms with Crippen molar-refractivity contribution in [3.05, 3.63) is 133 Å². The molecular formula is C48H58N2S3Si4. The van der Waals surface area contributed by atoms with Crippen LogP contribution in [0.3, 0.4) is 0 Å². The van der Waals surface area contributed by atoms with Gasteiger partial charge in [0.2, 0.25) is 0 Å². The molecule has 0 radical (unpaired) electrons. The van der Waals surface area contributed by atoms with Crippen LogP contribution >= 0.6 is 34.0 Å². The molecule has 294 valence electrons. The molecule has 4 aromatic carbocycles. The highest BCUT2D eigenvalue weighted by molar-refractivity contribution is 7.28. The molecule has 0 saturated heterocycles. The van der Waals surface area contributed by atoms with Crippen LogP contribution in [0.15, 0.2) is 133 Å². The summed E-state index contributed by atoms with van der Waals surface area (Å²) in [7, 11) is -5.64. The van der Waals surface area contributed by atoms with Crippen molar-refractivity contribution < 1.29 is 0 Å². The first-order valence-corrected chi connectivity index (χ1v) is 36.5. The van der Waals surface area contributed by atoms with Crippen molar-refractivity contribution in [2.24, 2.45) is 0 Å². The Balaban J connectivity index is 1.20. The van der Waals surface area contributed by atoms with Crippen molar-refractivity contribution in [2.45, 2.75) is 78.6 Å². The van der Waals surface area contributed by atoms with Crippen LogP contribution in [0.2, 0.25) is 78.6 Å². The van der Waals surface area contributed by atoms with Gasteiger partial charge in [0, 0.05) is 42.3 Å². The van der Waals surface area contributed by atoms with Gasteiger partial charge in [0.25, 0.3) is 0 Å². The van der Waals surface area contributed by atoms with Crippen molar-refractivity contribution in [3.63, 3.8) is 0 Å². The van der Waals surface area contributed by atoms with Crippen LogP contribution in [0, 0.1) is 0 Å². The lowest BCUT2D eigenvalue weighted by molar-refractivity contribution is 1.32. The minimum Gasteiger partial charge on any atom is -0.302 e. The Morgan fingerprint density at radius 3 is 0.702 bits per heavy atom. The standard InChI is InChI=1S/C48H58N2S3Si4/c1-54(2,3)39-21-13-35(14-22-39)49(36-15-23-40(24-16-36)55(4,5)6)47-33-31-45(52-47)43-29-30-44(51-43)46-32-34-48(53-46)50(37-17-25-41(26-18-37)56(7,8)9)38-19-27-42(28-20-38)57(10,11)12/h13-34H,1-12H3. The monoisotopic (exact) mass is 870 g/mol. The van der Waals surface area contributed by atoms with E-state index in [1.54, 1.807) is 0 Å². The Hall–Kier alpha value is -3.55. The summed E-state index contributed by atoms with van der Waals surface area (Å²) >= 11 is 5.65. The molecule has 0 fully saturated rings. The van der Waals surface area contributed by atoms with Crippen LogP contribution in [0.4, 0.5) is 32.8 Å². The van der Waals surface area contributed by atoms with Crippen molar-refractivity contribution >= 4 is 120 Å². The van der Waals surface area contributed by atoms with E-state index in [2.05, 4.69) is 222 Å². The van der Waals surface area contributed by atoms with Gasteiger partial charge < -0.3 is 9.80 Å². The molecule has 0 spiro atoms. The number of hydrogen-bond acceptors (Lipinski definition) is 5. The number of anilines is 6. The zero-order chi connectivity index (χ0) is 40.9. The molecule has 57 heavy (non-hydrogen) atoms. The van der Waals surface area contributed by atoms with Gasteiger partial charge in [-0.1, -0.05) is 148 Å². The molecule has 0 aliphatic rings.